The third-order valence-electron chi connectivity index (χ3n) is 3.69. The van der Waals surface area contributed by atoms with Crippen molar-refractivity contribution >= 4 is 17.5 Å². The van der Waals surface area contributed by atoms with Gasteiger partial charge in [0.25, 0.3) is 11.8 Å². The van der Waals surface area contributed by atoms with Crippen molar-refractivity contribution in [1.82, 2.24) is 5.32 Å². The average Bonchev–Trinajstić information content (AvgIpc) is 3.22. The molecule has 128 valence electrons. The van der Waals surface area contributed by atoms with Gasteiger partial charge in [-0.05, 0) is 54.1 Å². The van der Waals surface area contributed by atoms with E-state index in [1.807, 2.05) is 18.2 Å². The van der Waals surface area contributed by atoms with Crippen molar-refractivity contribution in [1.29, 1.82) is 5.26 Å². The first kappa shape index (κ1) is 17.0. The molecule has 26 heavy (non-hydrogen) atoms. The van der Waals surface area contributed by atoms with Crippen LogP contribution in [0.3, 0.4) is 0 Å². The van der Waals surface area contributed by atoms with Gasteiger partial charge < -0.3 is 15.1 Å². The highest BCUT2D eigenvalue weighted by Crippen LogP contribution is 2.12. The van der Waals surface area contributed by atoms with E-state index in [0.717, 1.165) is 5.56 Å². The van der Waals surface area contributed by atoms with Crippen LogP contribution in [0.5, 0.6) is 0 Å². The van der Waals surface area contributed by atoms with Gasteiger partial charge >= 0.3 is 0 Å². The largest absolute Gasteiger partial charge is 0.459 e. The lowest BCUT2D eigenvalue weighted by Crippen LogP contribution is -2.22. The second-order valence-corrected chi connectivity index (χ2v) is 5.50. The minimum atomic E-state index is -0.322. The lowest BCUT2D eigenvalue weighted by atomic mass is 10.1. The second kappa shape index (κ2) is 7.81. The molecule has 1 heterocycles. The number of nitrogens with one attached hydrogen (secondary N) is 2. The highest BCUT2D eigenvalue weighted by molar-refractivity contribution is 6.02. The number of anilines is 1. The van der Waals surface area contributed by atoms with Crippen LogP contribution < -0.4 is 10.6 Å². The number of furan rings is 1. The van der Waals surface area contributed by atoms with Crippen molar-refractivity contribution in [3.05, 3.63) is 89.4 Å². The fourth-order valence-corrected chi connectivity index (χ4v) is 2.29. The van der Waals surface area contributed by atoms with E-state index in [2.05, 4.69) is 10.6 Å². The van der Waals surface area contributed by atoms with Crippen LogP contribution in [0.1, 0.15) is 32.0 Å². The van der Waals surface area contributed by atoms with Crippen molar-refractivity contribution in [3.8, 4) is 6.07 Å². The fraction of sp³-hybridized carbons (Fsp3) is 0.0500. The highest BCUT2D eigenvalue weighted by atomic mass is 16.3. The summed E-state index contributed by atoms with van der Waals surface area (Å²) < 4.78 is 5.04. The average molecular weight is 345 g/mol. The van der Waals surface area contributed by atoms with E-state index < -0.39 is 0 Å². The molecule has 6 nitrogen and oxygen atoms in total. The van der Waals surface area contributed by atoms with Gasteiger partial charge in [-0.1, -0.05) is 12.1 Å². The van der Waals surface area contributed by atoms with Crippen LogP contribution in [0.25, 0.3) is 0 Å². The number of rotatable bonds is 5. The molecule has 2 aromatic carbocycles. The topological polar surface area (TPSA) is 95.1 Å². The molecule has 0 aliphatic heterocycles. The van der Waals surface area contributed by atoms with Gasteiger partial charge in [0.15, 0.2) is 5.76 Å². The molecule has 0 atom stereocenters. The Kier molecular flexibility index (Phi) is 5.11. The van der Waals surface area contributed by atoms with Gasteiger partial charge in [-0.15, -0.1) is 0 Å². The number of hydrogen-bond acceptors (Lipinski definition) is 4. The zero-order valence-corrected chi connectivity index (χ0v) is 13.7. The third-order valence-corrected chi connectivity index (χ3v) is 3.69. The van der Waals surface area contributed by atoms with Gasteiger partial charge in [0, 0.05) is 17.8 Å². The molecule has 3 aromatic rings. The number of carbonyl (C=O) groups excluding carboxylic acids is 2. The summed E-state index contributed by atoms with van der Waals surface area (Å²) in [4.78, 5) is 24.0. The lowest BCUT2D eigenvalue weighted by molar-refractivity contribution is 0.0950. The summed E-state index contributed by atoms with van der Waals surface area (Å²) in [6, 6.07) is 18.8. The third kappa shape index (κ3) is 4.16. The summed E-state index contributed by atoms with van der Waals surface area (Å²) in [5, 5.41) is 14.3. The summed E-state index contributed by atoms with van der Waals surface area (Å²) >= 11 is 0. The van der Waals surface area contributed by atoms with Crippen LogP contribution in [0.4, 0.5) is 5.69 Å². The monoisotopic (exact) mass is 345 g/mol. The van der Waals surface area contributed by atoms with E-state index in [0.29, 0.717) is 23.4 Å². The molecule has 0 aliphatic rings. The maximum absolute atomic E-state index is 12.1. The quantitative estimate of drug-likeness (QED) is 0.741. The molecule has 2 N–H and O–H groups in total. The molecule has 2 amide bonds. The molecule has 0 aliphatic carbocycles. The molecule has 0 fully saturated rings. The van der Waals surface area contributed by atoms with Gasteiger partial charge in [0.05, 0.1) is 17.9 Å². The Morgan fingerprint density at radius 2 is 1.69 bits per heavy atom. The normalized spacial score (nSPS) is 9.96. The highest BCUT2D eigenvalue weighted by Gasteiger charge is 2.09. The summed E-state index contributed by atoms with van der Waals surface area (Å²) in [5.41, 5.74) is 2.52. The fourth-order valence-electron chi connectivity index (χ4n) is 2.29. The van der Waals surface area contributed by atoms with Gasteiger partial charge in [-0.2, -0.15) is 5.26 Å². The van der Waals surface area contributed by atoms with E-state index in [-0.39, 0.29) is 17.6 Å². The minimum Gasteiger partial charge on any atom is -0.459 e. The standard InChI is InChI=1S/C20H15N3O3/c21-12-14-3-7-16(8-4-14)19(24)22-13-15-5-9-17(10-6-15)23-20(25)18-2-1-11-26-18/h1-11H,13H2,(H,22,24)(H,23,25). The Labute approximate surface area is 150 Å². The van der Waals surface area contributed by atoms with E-state index in [1.54, 1.807) is 48.5 Å². The molecule has 0 unspecified atom stereocenters. The summed E-state index contributed by atoms with van der Waals surface area (Å²) in [7, 11) is 0. The Morgan fingerprint density at radius 1 is 0.962 bits per heavy atom. The molecule has 1 aromatic heterocycles. The van der Waals surface area contributed by atoms with Crippen molar-refractivity contribution in [3.63, 3.8) is 0 Å². The minimum absolute atomic E-state index is 0.218. The zero-order valence-electron chi connectivity index (χ0n) is 13.7. The molecule has 0 bridgehead atoms. The van der Waals surface area contributed by atoms with Gasteiger partial charge in [0.1, 0.15) is 0 Å². The lowest BCUT2D eigenvalue weighted by Gasteiger charge is -2.07. The molecular weight excluding hydrogens is 330 g/mol. The Bertz CT molecular complexity index is 937. The first-order valence-electron chi connectivity index (χ1n) is 7.88. The molecule has 0 saturated heterocycles. The maximum atomic E-state index is 12.1. The van der Waals surface area contributed by atoms with Gasteiger partial charge in [-0.25, -0.2) is 0 Å². The van der Waals surface area contributed by atoms with Crippen LogP contribution in [0.15, 0.2) is 71.3 Å². The summed E-state index contributed by atoms with van der Waals surface area (Å²) in [6.07, 6.45) is 1.44. The maximum Gasteiger partial charge on any atom is 0.291 e. The van der Waals surface area contributed by atoms with E-state index in [4.69, 9.17) is 9.68 Å². The number of nitrogens with zero attached hydrogens (tertiary/aromatic N) is 1. The molecule has 0 saturated carbocycles. The number of hydrogen-bond donors (Lipinski definition) is 2. The van der Waals surface area contributed by atoms with Crippen LogP contribution in [-0.2, 0) is 6.54 Å². The molecule has 0 spiro atoms. The number of benzene rings is 2. The smallest absolute Gasteiger partial charge is 0.291 e. The van der Waals surface area contributed by atoms with Crippen LogP contribution in [-0.4, -0.2) is 11.8 Å². The summed E-state index contributed by atoms with van der Waals surface area (Å²) in [5.74, 6) is -0.301. The van der Waals surface area contributed by atoms with E-state index >= 15 is 0 Å². The van der Waals surface area contributed by atoms with Crippen molar-refractivity contribution < 1.29 is 14.0 Å². The summed E-state index contributed by atoms with van der Waals surface area (Å²) in [6.45, 7) is 0.352. The Hall–Kier alpha value is -3.85. The van der Waals surface area contributed by atoms with Crippen molar-refractivity contribution in [2.45, 2.75) is 6.54 Å². The predicted molar refractivity (Wildman–Crippen MR) is 95.4 cm³/mol. The number of carbonyl (C=O) groups is 2. The van der Waals surface area contributed by atoms with E-state index in [9.17, 15) is 9.59 Å². The van der Waals surface area contributed by atoms with Crippen LogP contribution in [0.2, 0.25) is 0 Å². The molecule has 0 radical (unpaired) electrons. The van der Waals surface area contributed by atoms with Crippen LogP contribution >= 0.6 is 0 Å². The number of nitriles is 1. The Morgan fingerprint density at radius 3 is 2.31 bits per heavy atom. The second-order valence-electron chi connectivity index (χ2n) is 5.50. The predicted octanol–water partition coefficient (Wildman–Crippen LogP) is 3.33. The molecule has 6 heteroatoms. The van der Waals surface area contributed by atoms with Gasteiger partial charge in [0.2, 0.25) is 0 Å². The van der Waals surface area contributed by atoms with Crippen molar-refractivity contribution in [2.24, 2.45) is 0 Å². The van der Waals surface area contributed by atoms with Crippen molar-refractivity contribution in [2.75, 3.05) is 5.32 Å². The van der Waals surface area contributed by atoms with E-state index in [1.165, 1.54) is 6.26 Å². The first-order valence-corrected chi connectivity index (χ1v) is 7.88. The first-order chi connectivity index (χ1) is 12.7. The van der Waals surface area contributed by atoms with Gasteiger partial charge in [-0.3, -0.25) is 9.59 Å². The molecule has 3 rings (SSSR count). The zero-order chi connectivity index (χ0) is 18.4. The van der Waals surface area contributed by atoms with Crippen LogP contribution in [0, 0.1) is 11.3 Å². The number of amides is 2. The molecular formula is C20H15N3O3. The Balaban J connectivity index is 1.54. The SMILES string of the molecule is N#Cc1ccc(C(=O)NCc2ccc(NC(=O)c3ccco3)cc2)cc1.